The molecule has 0 saturated carbocycles. The van der Waals surface area contributed by atoms with Gasteiger partial charge in [0.25, 0.3) is 0 Å². The molecule has 1 aliphatic rings. The molecule has 1 aromatic carbocycles. The Morgan fingerprint density at radius 3 is 2.61 bits per heavy atom. The first-order chi connectivity index (χ1) is 8.70. The van der Waals surface area contributed by atoms with Gasteiger partial charge < -0.3 is 5.32 Å². The number of halogens is 2. The quantitative estimate of drug-likeness (QED) is 0.911. The van der Waals surface area contributed by atoms with Crippen molar-refractivity contribution in [2.45, 2.75) is 24.5 Å². The first kappa shape index (κ1) is 13.2. The van der Waals surface area contributed by atoms with Gasteiger partial charge >= 0.3 is 0 Å². The second-order valence-electron chi connectivity index (χ2n) is 4.30. The van der Waals surface area contributed by atoms with E-state index in [1.54, 1.807) is 6.07 Å². The summed E-state index contributed by atoms with van der Waals surface area (Å²) in [4.78, 5) is 0. The predicted molar refractivity (Wildman–Crippen MR) is 69.7 cm³/mol. The van der Waals surface area contributed by atoms with E-state index in [2.05, 4.69) is 5.32 Å². The highest BCUT2D eigenvalue weighted by atomic mass is 32.2. The summed E-state index contributed by atoms with van der Waals surface area (Å²) in [5.41, 5.74) is -0.122. The van der Waals surface area contributed by atoms with Crippen molar-refractivity contribution in [3.05, 3.63) is 29.3 Å². The Morgan fingerprint density at radius 1 is 1.33 bits per heavy atom. The first-order valence-electron chi connectivity index (χ1n) is 5.95. The molecule has 1 atom stereocenters. The largest absolute Gasteiger partial charge is 0.379 e. The molecule has 0 aliphatic carbocycles. The van der Waals surface area contributed by atoms with Gasteiger partial charge in [-0.2, -0.15) is 17.0 Å². The van der Waals surface area contributed by atoms with Gasteiger partial charge in [-0.3, -0.25) is 0 Å². The number of nitrogens with zero attached hydrogens (tertiary/aromatic N) is 1. The maximum Gasteiger partial charge on any atom is 0.150 e. The lowest BCUT2D eigenvalue weighted by Gasteiger charge is -2.22. The Balaban J connectivity index is 2.02. The highest BCUT2D eigenvalue weighted by Crippen LogP contribution is 2.26. The fraction of sp³-hybridized carbons (Fsp3) is 0.462. The van der Waals surface area contributed by atoms with Gasteiger partial charge in [-0.25, -0.2) is 8.78 Å². The Bertz CT molecular complexity index is 442. The van der Waals surface area contributed by atoms with E-state index in [-0.39, 0.29) is 11.3 Å². The van der Waals surface area contributed by atoms with E-state index in [0.29, 0.717) is 11.8 Å². The molecule has 0 aromatic heterocycles. The van der Waals surface area contributed by atoms with Gasteiger partial charge in [0, 0.05) is 11.8 Å². The minimum absolute atomic E-state index is 0.00240. The van der Waals surface area contributed by atoms with Crippen LogP contribution < -0.4 is 5.32 Å². The number of benzene rings is 1. The molecule has 1 aliphatic heterocycles. The van der Waals surface area contributed by atoms with Crippen LogP contribution in [0, 0.1) is 23.0 Å². The number of nitrogens with one attached hydrogen (secondary N) is 1. The van der Waals surface area contributed by atoms with Gasteiger partial charge in [-0.05, 0) is 30.7 Å². The third-order valence-corrected chi connectivity index (χ3v) is 4.35. The van der Waals surface area contributed by atoms with E-state index < -0.39 is 11.6 Å². The number of hydrogen-bond donors (Lipinski definition) is 1. The Morgan fingerprint density at radius 2 is 2.06 bits per heavy atom. The Kier molecular flexibility index (Phi) is 4.43. The van der Waals surface area contributed by atoms with Crippen LogP contribution in [0.1, 0.15) is 24.8 Å². The molecular formula is C13H14F2N2S. The second kappa shape index (κ2) is 6.05. The zero-order chi connectivity index (χ0) is 13.0. The standard InChI is InChI=1S/C13H14F2N2S/c14-11-5-9(7-16)6-12(15)13(11)17-8-10-3-1-2-4-18-10/h5-6,10,17H,1-4,8H2. The molecule has 1 unspecified atom stereocenters. The van der Waals surface area contributed by atoms with Crippen molar-refractivity contribution in [2.75, 3.05) is 17.6 Å². The summed E-state index contributed by atoms with van der Waals surface area (Å²) in [6.45, 7) is 0.560. The zero-order valence-electron chi connectivity index (χ0n) is 9.88. The lowest BCUT2D eigenvalue weighted by atomic mass is 10.1. The van der Waals surface area contributed by atoms with Crippen LogP contribution in [-0.2, 0) is 0 Å². The summed E-state index contributed by atoms with van der Waals surface area (Å²) < 4.78 is 27.2. The Hall–Kier alpha value is -1.28. The average molecular weight is 268 g/mol. The van der Waals surface area contributed by atoms with Crippen LogP contribution in [0.15, 0.2) is 12.1 Å². The van der Waals surface area contributed by atoms with E-state index in [0.717, 1.165) is 24.3 Å². The highest BCUT2D eigenvalue weighted by molar-refractivity contribution is 7.99. The van der Waals surface area contributed by atoms with Gasteiger partial charge in [0.05, 0.1) is 11.6 Å². The summed E-state index contributed by atoms with van der Waals surface area (Å²) in [6.07, 6.45) is 3.48. The van der Waals surface area contributed by atoms with Crippen LogP contribution in [0.3, 0.4) is 0 Å². The van der Waals surface area contributed by atoms with Crippen molar-refractivity contribution in [1.82, 2.24) is 0 Å². The normalized spacial score (nSPS) is 19.3. The second-order valence-corrected chi connectivity index (χ2v) is 5.70. The average Bonchev–Trinajstić information content (AvgIpc) is 2.38. The van der Waals surface area contributed by atoms with Crippen LogP contribution in [0.2, 0.25) is 0 Å². The molecule has 1 heterocycles. The number of rotatable bonds is 3. The molecule has 96 valence electrons. The lowest BCUT2D eigenvalue weighted by molar-refractivity contribution is 0.585. The third kappa shape index (κ3) is 3.14. The highest BCUT2D eigenvalue weighted by Gasteiger charge is 2.16. The fourth-order valence-electron chi connectivity index (χ4n) is 1.99. The molecule has 1 fully saturated rings. The fourth-order valence-corrected chi connectivity index (χ4v) is 3.23. The smallest absolute Gasteiger partial charge is 0.150 e. The molecule has 5 heteroatoms. The van der Waals surface area contributed by atoms with Crippen LogP contribution in [0.25, 0.3) is 0 Å². The summed E-state index contributed by atoms with van der Waals surface area (Å²) >= 11 is 1.84. The molecule has 2 nitrogen and oxygen atoms in total. The van der Waals surface area contributed by atoms with Gasteiger partial charge in [0.2, 0.25) is 0 Å². The van der Waals surface area contributed by atoms with Crippen molar-refractivity contribution in [3.63, 3.8) is 0 Å². The van der Waals surface area contributed by atoms with Crippen molar-refractivity contribution < 1.29 is 8.78 Å². The van der Waals surface area contributed by atoms with E-state index in [9.17, 15) is 8.78 Å². The van der Waals surface area contributed by atoms with Crippen molar-refractivity contribution in [2.24, 2.45) is 0 Å². The van der Waals surface area contributed by atoms with E-state index in [1.807, 2.05) is 11.8 Å². The van der Waals surface area contributed by atoms with Crippen LogP contribution >= 0.6 is 11.8 Å². The molecule has 2 rings (SSSR count). The summed E-state index contributed by atoms with van der Waals surface area (Å²) in [5, 5.41) is 11.8. The predicted octanol–water partition coefficient (Wildman–Crippen LogP) is 3.53. The SMILES string of the molecule is N#Cc1cc(F)c(NCC2CCCCS2)c(F)c1. The molecule has 0 spiro atoms. The molecule has 0 bridgehead atoms. The topological polar surface area (TPSA) is 35.8 Å². The van der Waals surface area contributed by atoms with Crippen LogP contribution in [0.5, 0.6) is 0 Å². The molecule has 1 N–H and O–H groups in total. The number of anilines is 1. The van der Waals surface area contributed by atoms with Crippen LogP contribution in [0.4, 0.5) is 14.5 Å². The van der Waals surface area contributed by atoms with Crippen molar-refractivity contribution in [3.8, 4) is 6.07 Å². The van der Waals surface area contributed by atoms with E-state index in [1.165, 1.54) is 12.8 Å². The van der Waals surface area contributed by atoms with Gasteiger partial charge in [0.15, 0.2) is 11.6 Å². The minimum Gasteiger partial charge on any atom is -0.379 e. The minimum atomic E-state index is -0.702. The zero-order valence-corrected chi connectivity index (χ0v) is 10.7. The van der Waals surface area contributed by atoms with Gasteiger partial charge in [-0.15, -0.1) is 0 Å². The lowest BCUT2D eigenvalue weighted by Crippen LogP contribution is -2.21. The first-order valence-corrected chi connectivity index (χ1v) is 7.00. The molecule has 1 aromatic rings. The number of nitriles is 1. The van der Waals surface area contributed by atoms with E-state index in [4.69, 9.17) is 5.26 Å². The molecule has 0 amide bonds. The third-order valence-electron chi connectivity index (χ3n) is 2.95. The Labute approximate surface area is 109 Å². The maximum atomic E-state index is 13.6. The van der Waals surface area contributed by atoms with Gasteiger partial charge in [-0.1, -0.05) is 6.42 Å². The molecule has 1 saturated heterocycles. The van der Waals surface area contributed by atoms with Gasteiger partial charge in [0.1, 0.15) is 5.69 Å². The maximum absolute atomic E-state index is 13.6. The van der Waals surface area contributed by atoms with Crippen LogP contribution in [-0.4, -0.2) is 17.5 Å². The monoisotopic (exact) mass is 268 g/mol. The molecule has 0 radical (unpaired) electrons. The summed E-state index contributed by atoms with van der Waals surface area (Å²) in [5.74, 6) is -0.287. The summed E-state index contributed by atoms with van der Waals surface area (Å²) in [7, 11) is 0. The number of hydrogen-bond acceptors (Lipinski definition) is 3. The molecular weight excluding hydrogens is 254 g/mol. The van der Waals surface area contributed by atoms with Crippen molar-refractivity contribution in [1.29, 1.82) is 5.26 Å². The number of thioether (sulfide) groups is 1. The van der Waals surface area contributed by atoms with Crippen molar-refractivity contribution >= 4 is 17.4 Å². The molecule has 18 heavy (non-hydrogen) atoms. The van der Waals surface area contributed by atoms with E-state index >= 15 is 0 Å². The summed E-state index contributed by atoms with van der Waals surface area (Å²) in [6, 6.07) is 3.84.